The number of rotatable bonds is 5. The predicted octanol–water partition coefficient (Wildman–Crippen LogP) is 6.75. The van der Waals surface area contributed by atoms with Crippen LogP contribution in [0.25, 0.3) is 16.8 Å². The molecule has 0 radical (unpaired) electrons. The van der Waals surface area contributed by atoms with Gasteiger partial charge in [-0.15, -0.1) is 0 Å². The van der Waals surface area contributed by atoms with Gasteiger partial charge < -0.3 is 5.32 Å². The molecule has 4 rings (SSSR count). The highest BCUT2D eigenvalue weighted by molar-refractivity contribution is 7.99. The molecule has 2 aromatic heterocycles. The maximum atomic E-state index is 13.0. The van der Waals surface area contributed by atoms with Crippen LogP contribution in [-0.2, 0) is 16.4 Å². The summed E-state index contributed by atoms with van der Waals surface area (Å²) in [5.41, 5.74) is 3.32. The van der Waals surface area contributed by atoms with Crippen molar-refractivity contribution in [2.75, 3.05) is 11.1 Å². The zero-order valence-corrected chi connectivity index (χ0v) is 20.6. The number of nitrogens with one attached hydrogen (secondary N) is 1. The van der Waals surface area contributed by atoms with Gasteiger partial charge >= 0.3 is 6.18 Å². The summed E-state index contributed by atoms with van der Waals surface area (Å²) in [5, 5.41) is 7.97. The number of alkyl halides is 3. The van der Waals surface area contributed by atoms with Gasteiger partial charge in [0.25, 0.3) is 0 Å². The molecule has 0 bridgehead atoms. The molecule has 9 heteroatoms. The Balaban J connectivity index is 1.64. The number of thioether (sulfide) groups is 1. The van der Waals surface area contributed by atoms with E-state index in [1.54, 1.807) is 4.52 Å². The Morgan fingerprint density at radius 3 is 2.40 bits per heavy atom. The second-order valence-corrected chi connectivity index (χ2v) is 10.2. The number of aryl methyl sites for hydroxylation is 1. The quantitative estimate of drug-likeness (QED) is 0.244. The van der Waals surface area contributed by atoms with E-state index in [-0.39, 0.29) is 16.9 Å². The molecule has 0 spiro atoms. The summed E-state index contributed by atoms with van der Waals surface area (Å²) < 4.78 is 40.7. The van der Waals surface area contributed by atoms with Crippen molar-refractivity contribution in [3.63, 3.8) is 0 Å². The molecule has 0 aliphatic heterocycles. The van der Waals surface area contributed by atoms with Gasteiger partial charge in [-0.2, -0.15) is 18.3 Å². The summed E-state index contributed by atoms with van der Waals surface area (Å²) in [6.07, 6.45) is -4.48. The molecule has 0 saturated carbocycles. The number of hydrogen-bond acceptors (Lipinski definition) is 4. The lowest BCUT2D eigenvalue weighted by molar-refractivity contribution is -0.137. The molecule has 0 atom stereocenters. The van der Waals surface area contributed by atoms with Crippen molar-refractivity contribution in [1.29, 1.82) is 0 Å². The summed E-state index contributed by atoms with van der Waals surface area (Å²) in [6, 6.07) is 16.4. The van der Waals surface area contributed by atoms with Crippen molar-refractivity contribution in [3.8, 4) is 11.1 Å². The highest BCUT2D eigenvalue weighted by Crippen LogP contribution is 2.34. The number of carbonyl (C=O) groups excluding carboxylic acids is 1. The van der Waals surface area contributed by atoms with Gasteiger partial charge in [-0.3, -0.25) is 4.79 Å². The largest absolute Gasteiger partial charge is 0.416 e. The van der Waals surface area contributed by atoms with E-state index in [9.17, 15) is 18.0 Å². The monoisotopic (exact) mass is 498 g/mol. The summed E-state index contributed by atoms with van der Waals surface area (Å²) in [5.74, 6) is -0.415. The van der Waals surface area contributed by atoms with Crippen LogP contribution in [0.5, 0.6) is 0 Å². The topological polar surface area (TPSA) is 59.3 Å². The van der Waals surface area contributed by atoms with Crippen LogP contribution in [0.1, 0.15) is 37.7 Å². The first-order chi connectivity index (χ1) is 16.4. The van der Waals surface area contributed by atoms with E-state index in [1.165, 1.54) is 23.9 Å². The van der Waals surface area contributed by atoms with Gasteiger partial charge in [0.1, 0.15) is 5.03 Å². The lowest BCUT2D eigenvalue weighted by Crippen LogP contribution is -2.17. The molecule has 2 heterocycles. The van der Waals surface area contributed by atoms with Gasteiger partial charge in [-0.25, -0.2) is 9.50 Å². The second-order valence-electron chi connectivity index (χ2n) is 9.21. The molecule has 1 amide bonds. The average Bonchev–Trinajstić information content (AvgIpc) is 3.13. The van der Waals surface area contributed by atoms with Gasteiger partial charge in [-0.1, -0.05) is 68.9 Å². The molecule has 35 heavy (non-hydrogen) atoms. The zero-order chi connectivity index (χ0) is 25.4. The number of aromatic nitrogens is 3. The van der Waals surface area contributed by atoms with Gasteiger partial charge in [0.2, 0.25) is 5.91 Å². The van der Waals surface area contributed by atoms with Crippen LogP contribution < -0.4 is 5.32 Å². The highest BCUT2D eigenvalue weighted by atomic mass is 32.2. The van der Waals surface area contributed by atoms with E-state index in [0.717, 1.165) is 39.7 Å². The van der Waals surface area contributed by atoms with Crippen molar-refractivity contribution in [1.82, 2.24) is 14.6 Å². The lowest BCUT2D eigenvalue weighted by atomic mass is 9.92. The van der Waals surface area contributed by atoms with Crippen LogP contribution in [0, 0.1) is 6.92 Å². The van der Waals surface area contributed by atoms with E-state index in [2.05, 4.69) is 31.2 Å². The lowest BCUT2D eigenvalue weighted by Gasteiger charge is -2.19. The van der Waals surface area contributed by atoms with Crippen LogP contribution in [0.3, 0.4) is 0 Å². The Bertz CT molecular complexity index is 1380. The Hall–Kier alpha value is -3.33. The fourth-order valence-electron chi connectivity index (χ4n) is 3.64. The van der Waals surface area contributed by atoms with Gasteiger partial charge in [0.15, 0.2) is 5.65 Å². The Kier molecular flexibility index (Phi) is 6.64. The summed E-state index contributed by atoms with van der Waals surface area (Å²) in [7, 11) is 0. The maximum absolute atomic E-state index is 13.0. The van der Waals surface area contributed by atoms with Crippen LogP contribution >= 0.6 is 11.8 Å². The SMILES string of the molecule is Cc1nn2c(SCC(=O)Nc3cccc(C(F)(F)F)c3)cc(C(C)(C)C)nc2c1-c1ccccc1. The molecular weight excluding hydrogens is 473 g/mol. The smallest absolute Gasteiger partial charge is 0.325 e. The molecule has 182 valence electrons. The number of anilines is 1. The molecule has 4 aromatic rings. The van der Waals surface area contributed by atoms with Crippen molar-refractivity contribution < 1.29 is 18.0 Å². The van der Waals surface area contributed by atoms with Gasteiger partial charge in [0.05, 0.1) is 22.7 Å². The third-order valence-corrected chi connectivity index (χ3v) is 6.38. The molecule has 0 unspecified atom stereocenters. The molecule has 0 fully saturated rings. The molecular formula is C26H25F3N4OS. The molecule has 1 N–H and O–H groups in total. The van der Waals surface area contributed by atoms with Crippen molar-refractivity contribution in [3.05, 3.63) is 77.6 Å². The first-order valence-electron chi connectivity index (χ1n) is 11.0. The van der Waals surface area contributed by atoms with Gasteiger partial charge in [-0.05, 0) is 36.8 Å². The van der Waals surface area contributed by atoms with Crippen LogP contribution in [0.4, 0.5) is 18.9 Å². The number of benzene rings is 2. The van der Waals surface area contributed by atoms with E-state index in [4.69, 9.17) is 4.98 Å². The fourth-order valence-corrected chi connectivity index (χ4v) is 4.43. The third kappa shape index (κ3) is 5.51. The van der Waals surface area contributed by atoms with Crippen LogP contribution in [-0.4, -0.2) is 26.3 Å². The predicted molar refractivity (Wildman–Crippen MR) is 133 cm³/mol. The molecule has 0 aliphatic rings. The standard InChI is InChI=1S/C26H25F3N4OS/c1-16-23(17-9-6-5-7-10-17)24-31-20(25(2,3)4)14-22(33(24)32-16)35-15-21(34)30-19-12-8-11-18(13-19)26(27,28)29/h5-14H,15H2,1-4H3,(H,30,34). The van der Waals surface area contributed by atoms with E-state index in [1.807, 2.05) is 43.3 Å². The second kappa shape index (κ2) is 9.37. The molecule has 0 saturated heterocycles. The van der Waals surface area contributed by atoms with E-state index in [0.29, 0.717) is 5.65 Å². The normalized spacial score (nSPS) is 12.2. The average molecular weight is 499 g/mol. The molecule has 0 aliphatic carbocycles. The minimum atomic E-state index is -4.48. The Morgan fingerprint density at radius 1 is 1.03 bits per heavy atom. The van der Waals surface area contributed by atoms with Crippen molar-refractivity contribution >= 4 is 29.0 Å². The van der Waals surface area contributed by atoms with Crippen molar-refractivity contribution in [2.45, 2.75) is 44.3 Å². The number of carbonyl (C=O) groups is 1. The minimum Gasteiger partial charge on any atom is -0.325 e. The van der Waals surface area contributed by atoms with Gasteiger partial charge in [0, 0.05) is 16.7 Å². The first-order valence-corrected chi connectivity index (χ1v) is 12.0. The molecule has 5 nitrogen and oxygen atoms in total. The Labute approximate surface area is 205 Å². The Morgan fingerprint density at radius 2 is 1.74 bits per heavy atom. The summed E-state index contributed by atoms with van der Waals surface area (Å²) >= 11 is 1.26. The summed E-state index contributed by atoms with van der Waals surface area (Å²) in [6.45, 7) is 8.10. The maximum Gasteiger partial charge on any atom is 0.416 e. The van der Waals surface area contributed by atoms with Crippen LogP contribution in [0.15, 0.2) is 65.7 Å². The third-order valence-electron chi connectivity index (χ3n) is 5.39. The number of fused-ring (bicyclic) bond motifs is 1. The number of amides is 1. The van der Waals surface area contributed by atoms with E-state index < -0.39 is 17.6 Å². The number of nitrogens with zero attached hydrogens (tertiary/aromatic N) is 3. The number of halogens is 3. The van der Waals surface area contributed by atoms with Crippen molar-refractivity contribution in [2.24, 2.45) is 0 Å². The first kappa shape index (κ1) is 24.8. The van der Waals surface area contributed by atoms with E-state index >= 15 is 0 Å². The minimum absolute atomic E-state index is 0.00147. The molecule has 2 aromatic carbocycles. The summed E-state index contributed by atoms with van der Waals surface area (Å²) in [4.78, 5) is 17.5. The fraction of sp³-hybridized carbons (Fsp3) is 0.269. The number of hydrogen-bond donors (Lipinski definition) is 1. The zero-order valence-electron chi connectivity index (χ0n) is 19.8. The highest BCUT2D eigenvalue weighted by Gasteiger charge is 2.30. The van der Waals surface area contributed by atoms with Crippen LogP contribution in [0.2, 0.25) is 0 Å².